The topological polar surface area (TPSA) is 90.2 Å². The predicted octanol–water partition coefficient (Wildman–Crippen LogP) is 2.37. The molecule has 0 atom stereocenters. The lowest BCUT2D eigenvalue weighted by atomic mass is 9.94. The van der Waals surface area contributed by atoms with Crippen LogP contribution in [0, 0.1) is 6.92 Å². The Hall–Kier alpha value is -2.77. The SMILES string of the molecule is CCN(C(=O)COC(=O)Cn1nnc(-c2ccc(C)cc2)n1)C1CCCCC1. The van der Waals surface area contributed by atoms with Gasteiger partial charge in [0.1, 0.15) is 0 Å². The number of tetrazole rings is 1. The number of likely N-dealkylation sites (N-methyl/N-ethyl adjacent to an activating group) is 1. The first-order chi connectivity index (χ1) is 13.6. The summed E-state index contributed by atoms with van der Waals surface area (Å²) in [6.45, 7) is 4.16. The fourth-order valence-corrected chi connectivity index (χ4v) is 3.55. The van der Waals surface area contributed by atoms with Crippen molar-refractivity contribution in [2.45, 2.75) is 58.5 Å². The molecule has 150 valence electrons. The first-order valence-electron chi connectivity index (χ1n) is 9.86. The smallest absolute Gasteiger partial charge is 0.330 e. The predicted molar refractivity (Wildman–Crippen MR) is 103 cm³/mol. The van der Waals surface area contributed by atoms with Crippen molar-refractivity contribution in [2.75, 3.05) is 13.2 Å². The highest BCUT2D eigenvalue weighted by atomic mass is 16.5. The molecule has 1 amide bonds. The number of benzene rings is 1. The van der Waals surface area contributed by atoms with Gasteiger partial charge in [0, 0.05) is 18.2 Å². The molecule has 1 aliphatic rings. The van der Waals surface area contributed by atoms with Crippen LogP contribution in [0.2, 0.25) is 0 Å². The Morgan fingerprint density at radius 3 is 2.57 bits per heavy atom. The van der Waals surface area contributed by atoms with E-state index in [4.69, 9.17) is 4.74 Å². The van der Waals surface area contributed by atoms with Crippen LogP contribution in [0.5, 0.6) is 0 Å². The van der Waals surface area contributed by atoms with Crippen LogP contribution >= 0.6 is 0 Å². The largest absolute Gasteiger partial charge is 0.454 e. The van der Waals surface area contributed by atoms with Crippen LogP contribution in [0.15, 0.2) is 24.3 Å². The van der Waals surface area contributed by atoms with Crippen LogP contribution in [0.4, 0.5) is 0 Å². The van der Waals surface area contributed by atoms with Gasteiger partial charge < -0.3 is 9.64 Å². The summed E-state index contributed by atoms with van der Waals surface area (Å²) in [4.78, 5) is 27.5. The number of amides is 1. The van der Waals surface area contributed by atoms with E-state index in [2.05, 4.69) is 15.4 Å². The van der Waals surface area contributed by atoms with Crippen molar-refractivity contribution in [3.8, 4) is 11.4 Å². The van der Waals surface area contributed by atoms with E-state index in [1.54, 1.807) is 0 Å². The zero-order chi connectivity index (χ0) is 19.9. The van der Waals surface area contributed by atoms with E-state index in [9.17, 15) is 9.59 Å². The minimum atomic E-state index is -0.555. The zero-order valence-corrected chi connectivity index (χ0v) is 16.5. The molecule has 3 rings (SSSR count). The maximum absolute atomic E-state index is 12.4. The number of ether oxygens (including phenoxy) is 1. The Bertz CT molecular complexity index is 796. The number of hydrogen-bond acceptors (Lipinski definition) is 6. The maximum atomic E-state index is 12.4. The third-order valence-corrected chi connectivity index (χ3v) is 5.07. The molecule has 1 aromatic carbocycles. The van der Waals surface area contributed by atoms with Crippen LogP contribution in [-0.4, -0.2) is 56.2 Å². The lowest BCUT2D eigenvalue weighted by molar-refractivity contribution is -0.154. The van der Waals surface area contributed by atoms with Gasteiger partial charge in [0.25, 0.3) is 5.91 Å². The van der Waals surface area contributed by atoms with Gasteiger partial charge in [0.2, 0.25) is 5.82 Å². The molecule has 1 saturated carbocycles. The third-order valence-electron chi connectivity index (χ3n) is 5.07. The first-order valence-corrected chi connectivity index (χ1v) is 9.86. The average Bonchev–Trinajstić information content (AvgIpc) is 3.17. The molecule has 1 aliphatic carbocycles. The van der Waals surface area contributed by atoms with E-state index < -0.39 is 5.97 Å². The molecular formula is C20H27N5O3. The first kappa shape index (κ1) is 20.0. The number of rotatable bonds is 7. The number of aromatic nitrogens is 4. The fourth-order valence-electron chi connectivity index (χ4n) is 3.55. The van der Waals surface area contributed by atoms with Crippen molar-refractivity contribution in [3.63, 3.8) is 0 Å². The summed E-state index contributed by atoms with van der Waals surface area (Å²) >= 11 is 0. The normalized spacial score (nSPS) is 14.6. The molecule has 2 aromatic rings. The molecule has 8 heteroatoms. The molecule has 0 unspecified atom stereocenters. The number of hydrogen-bond donors (Lipinski definition) is 0. The lowest BCUT2D eigenvalue weighted by Crippen LogP contribution is -2.43. The van der Waals surface area contributed by atoms with Crippen molar-refractivity contribution >= 4 is 11.9 Å². The zero-order valence-electron chi connectivity index (χ0n) is 16.5. The molecule has 0 radical (unpaired) electrons. The summed E-state index contributed by atoms with van der Waals surface area (Å²) in [5, 5.41) is 12.1. The quantitative estimate of drug-likeness (QED) is 0.680. The second kappa shape index (κ2) is 9.43. The van der Waals surface area contributed by atoms with Gasteiger partial charge in [-0.3, -0.25) is 4.79 Å². The minimum Gasteiger partial charge on any atom is -0.454 e. The summed E-state index contributed by atoms with van der Waals surface area (Å²) in [7, 11) is 0. The van der Waals surface area contributed by atoms with E-state index in [1.165, 1.54) is 11.2 Å². The van der Waals surface area contributed by atoms with E-state index in [1.807, 2.05) is 43.0 Å². The Morgan fingerprint density at radius 1 is 1.18 bits per heavy atom. The summed E-state index contributed by atoms with van der Waals surface area (Å²) in [5.74, 6) is -0.256. The molecule has 28 heavy (non-hydrogen) atoms. The molecule has 1 aromatic heterocycles. The second-order valence-corrected chi connectivity index (χ2v) is 7.14. The Labute approximate surface area is 164 Å². The third kappa shape index (κ3) is 5.15. The van der Waals surface area contributed by atoms with Crippen LogP contribution in [0.3, 0.4) is 0 Å². The van der Waals surface area contributed by atoms with Crippen molar-refractivity contribution in [1.82, 2.24) is 25.1 Å². The summed E-state index contributed by atoms with van der Waals surface area (Å²) in [5.41, 5.74) is 1.96. The molecule has 0 saturated heterocycles. The highest BCUT2D eigenvalue weighted by Gasteiger charge is 2.24. The molecule has 0 N–H and O–H groups in total. The number of carbonyl (C=O) groups is 2. The van der Waals surface area contributed by atoms with E-state index in [0.717, 1.165) is 36.8 Å². The van der Waals surface area contributed by atoms with Crippen LogP contribution < -0.4 is 0 Å². The van der Waals surface area contributed by atoms with Gasteiger partial charge in [-0.1, -0.05) is 49.1 Å². The van der Waals surface area contributed by atoms with E-state index in [-0.39, 0.29) is 25.1 Å². The van der Waals surface area contributed by atoms with Gasteiger partial charge in [0.05, 0.1) is 0 Å². The van der Waals surface area contributed by atoms with Crippen molar-refractivity contribution < 1.29 is 14.3 Å². The van der Waals surface area contributed by atoms with Gasteiger partial charge in [-0.15, -0.1) is 10.2 Å². The summed E-state index contributed by atoms with van der Waals surface area (Å²) < 4.78 is 5.15. The van der Waals surface area contributed by atoms with Gasteiger partial charge in [-0.2, -0.15) is 4.80 Å². The molecule has 0 spiro atoms. The van der Waals surface area contributed by atoms with Gasteiger partial charge >= 0.3 is 5.97 Å². The van der Waals surface area contributed by atoms with E-state index in [0.29, 0.717) is 12.4 Å². The monoisotopic (exact) mass is 385 g/mol. The highest BCUT2D eigenvalue weighted by molar-refractivity contribution is 5.80. The Balaban J connectivity index is 1.50. The molecular weight excluding hydrogens is 358 g/mol. The molecule has 8 nitrogen and oxygen atoms in total. The molecule has 0 bridgehead atoms. The molecule has 1 heterocycles. The number of nitrogens with zero attached hydrogens (tertiary/aromatic N) is 5. The summed E-state index contributed by atoms with van der Waals surface area (Å²) in [6, 6.07) is 7.99. The van der Waals surface area contributed by atoms with Crippen LogP contribution in [0.25, 0.3) is 11.4 Å². The highest BCUT2D eigenvalue weighted by Crippen LogP contribution is 2.22. The van der Waals surface area contributed by atoms with Crippen LogP contribution in [0.1, 0.15) is 44.6 Å². The van der Waals surface area contributed by atoms with Crippen molar-refractivity contribution in [2.24, 2.45) is 0 Å². The minimum absolute atomic E-state index is 0.144. The second-order valence-electron chi connectivity index (χ2n) is 7.14. The van der Waals surface area contributed by atoms with E-state index >= 15 is 0 Å². The Kier molecular flexibility index (Phi) is 6.73. The van der Waals surface area contributed by atoms with Gasteiger partial charge in [-0.25, -0.2) is 4.79 Å². The van der Waals surface area contributed by atoms with Crippen molar-refractivity contribution in [1.29, 1.82) is 0 Å². The summed E-state index contributed by atoms with van der Waals surface area (Å²) in [6.07, 6.45) is 5.58. The van der Waals surface area contributed by atoms with Crippen LogP contribution in [-0.2, 0) is 20.9 Å². The standard InChI is InChI=1S/C20H27N5O3/c1-3-24(17-7-5-4-6-8-17)18(26)14-28-19(27)13-25-22-20(21-23-25)16-11-9-15(2)10-12-16/h9-12,17H,3-8,13-14H2,1-2H3. The van der Waals surface area contributed by atoms with Crippen molar-refractivity contribution in [3.05, 3.63) is 29.8 Å². The molecule has 0 aliphatic heterocycles. The maximum Gasteiger partial charge on any atom is 0.330 e. The lowest BCUT2D eigenvalue weighted by Gasteiger charge is -2.33. The Morgan fingerprint density at radius 2 is 1.89 bits per heavy atom. The van der Waals surface area contributed by atoms with Gasteiger partial charge in [-0.05, 0) is 31.9 Å². The average molecular weight is 385 g/mol. The fraction of sp³-hybridized carbons (Fsp3) is 0.550. The van der Waals surface area contributed by atoms with Gasteiger partial charge in [0.15, 0.2) is 13.2 Å². The number of esters is 1. The number of carbonyl (C=O) groups excluding carboxylic acids is 2. The number of aryl methyl sites for hydroxylation is 1. The molecule has 1 fully saturated rings.